The van der Waals surface area contributed by atoms with E-state index in [0.29, 0.717) is 15.9 Å². The lowest BCUT2D eigenvalue weighted by atomic mass is 9.96. The normalized spacial score (nSPS) is 13.6. The second-order valence-corrected chi connectivity index (χ2v) is 7.95. The number of carbonyl (C=O) groups is 1. The summed E-state index contributed by atoms with van der Waals surface area (Å²) in [5, 5.41) is 14.1. The summed E-state index contributed by atoms with van der Waals surface area (Å²) in [6.45, 7) is 3.95. The quantitative estimate of drug-likeness (QED) is 0.638. The summed E-state index contributed by atoms with van der Waals surface area (Å²) in [6.07, 6.45) is 4.00. The van der Waals surface area contributed by atoms with E-state index in [0.717, 1.165) is 42.4 Å². The summed E-state index contributed by atoms with van der Waals surface area (Å²) in [5.74, 6) is -0.797. The van der Waals surface area contributed by atoms with Crippen molar-refractivity contribution >= 4 is 33.1 Å². The van der Waals surface area contributed by atoms with Gasteiger partial charge in [0.25, 0.3) is 11.5 Å². The number of fused-ring (bicyclic) bond motifs is 3. The Morgan fingerprint density at radius 2 is 1.96 bits per heavy atom. The molecule has 0 aliphatic heterocycles. The van der Waals surface area contributed by atoms with Gasteiger partial charge >= 0.3 is 0 Å². The lowest BCUT2D eigenvalue weighted by molar-refractivity contribution is 0.102. The van der Waals surface area contributed by atoms with Crippen LogP contribution in [-0.4, -0.2) is 16.0 Å². The van der Waals surface area contributed by atoms with Crippen molar-refractivity contribution in [1.82, 2.24) is 4.98 Å². The van der Waals surface area contributed by atoms with Gasteiger partial charge in [0.05, 0.1) is 5.39 Å². The number of aromatic hydroxyl groups is 1. The lowest BCUT2D eigenvalue weighted by Crippen LogP contribution is -2.23. The highest BCUT2D eigenvalue weighted by molar-refractivity contribution is 7.18. The standard InChI is InChI=1S/C20H20N2O3S/c1-10-7-8-12(9-11(10)2)21-18(24)16-17(23)15-13-5-3-4-6-14(13)26-20(15)22-19(16)25/h7-9H,3-6H2,1-2H3,(H,21,24)(H2,22,23,25). The van der Waals surface area contributed by atoms with Crippen molar-refractivity contribution < 1.29 is 9.90 Å². The number of amides is 1. The predicted molar refractivity (Wildman–Crippen MR) is 105 cm³/mol. The van der Waals surface area contributed by atoms with Gasteiger partial charge in [-0.15, -0.1) is 11.3 Å². The third kappa shape index (κ3) is 2.70. The van der Waals surface area contributed by atoms with Crippen molar-refractivity contribution in [3.05, 3.63) is 55.7 Å². The number of nitrogens with one attached hydrogen (secondary N) is 2. The van der Waals surface area contributed by atoms with Gasteiger partial charge in [-0.25, -0.2) is 0 Å². The molecule has 1 aromatic carbocycles. The van der Waals surface area contributed by atoms with Crippen LogP contribution < -0.4 is 10.9 Å². The topological polar surface area (TPSA) is 82.2 Å². The number of anilines is 1. The molecule has 6 heteroatoms. The average Bonchev–Trinajstić information content (AvgIpc) is 2.96. The van der Waals surface area contributed by atoms with Crippen molar-refractivity contribution in [2.24, 2.45) is 0 Å². The number of pyridine rings is 1. The molecule has 5 nitrogen and oxygen atoms in total. The maximum absolute atomic E-state index is 12.7. The summed E-state index contributed by atoms with van der Waals surface area (Å²) in [5.41, 5.74) is 3.06. The molecule has 0 saturated heterocycles. The lowest BCUT2D eigenvalue weighted by Gasteiger charge is -2.12. The highest BCUT2D eigenvalue weighted by Crippen LogP contribution is 2.40. The third-order valence-electron chi connectivity index (χ3n) is 5.09. The zero-order valence-electron chi connectivity index (χ0n) is 14.7. The van der Waals surface area contributed by atoms with Crippen LogP contribution in [0.1, 0.15) is 44.8 Å². The Morgan fingerprint density at radius 3 is 2.73 bits per heavy atom. The van der Waals surface area contributed by atoms with E-state index < -0.39 is 11.5 Å². The van der Waals surface area contributed by atoms with Crippen LogP contribution in [0.15, 0.2) is 23.0 Å². The monoisotopic (exact) mass is 368 g/mol. The largest absolute Gasteiger partial charge is 0.506 e. The maximum Gasteiger partial charge on any atom is 0.265 e. The third-order valence-corrected chi connectivity index (χ3v) is 6.30. The van der Waals surface area contributed by atoms with E-state index in [9.17, 15) is 14.7 Å². The summed E-state index contributed by atoms with van der Waals surface area (Å²) in [6, 6.07) is 5.55. The number of hydrogen-bond donors (Lipinski definition) is 3. The van der Waals surface area contributed by atoms with Crippen LogP contribution in [0.4, 0.5) is 5.69 Å². The average molecular weight is 368 g/mol. The molecule has 26 heavy (non-hydrogen) atoms. The Hall–Kier alpha value is -2.60. The zero-order valence-corrected chi connectivity index (χ0v) is 15.5. The number of carbonyl (C=O) groups excluding carboxylic acids is 1. The van der Waals surface area contributed by atoms with E-state index in [1.165, 1.54) is 16.2 Å². The molecule has 2 heterocycles. The smallest absolute Gasteiger partial charge is 0.265 e. The number of aromatic nitrogens is 1. The molecule has 0 spiro atoms. The van der Waals surface area contributed by atoms with Gasteiger partial charge in [-0.1, -0.05) is 6.07 Å². The maximum atomic E-state index is 12.7. The Balaban J connectivity index is 1.79. The second kappa shape index (κ2) is 6.29. The van der Waals surface area contributed by atoms with E-state index in [1.807, 2.05) is 26.0 Å². The highest BCUT2D eigenvalue weighted by atomic mass is 32.1. The van der Waals surface area contributed by atoms with Crippen LogP contribution in [0.3, 0.4) is 0 Å². The summed E-state index contributed by atoms with van der Waals surface area (Å²) < 4.78 is 0. The molecule has 0 atom stereocenters. The minimum atomic E-state index is -0.593. The van der Waals surface area contributed by atoms with Crippen LogP contribution in [0, 0.1) is 13.8 Å². The number of benzene rings is 1. The molecular formula is C20H20N2O3S. The minimum Gasteiger partial charge on any atom is -0.506 e. The van der Waals surface area contributed by atoms with Crippen LogP contribution in [0.5, 0.6) is 5.75 Å². The van der Waals surface area contributed by atoms with Crippen molar-refractivity contribution in [3.8, 4) is 5.75 Å². The molecule has 3 N–H and O–H groups in total. The first-order valence-corrected chi connectivity index (χ1v) is 9.55. The van der Waals surface area contributed by atoms with Crippen LogP contribution in [0.2, 0.25) is 0 Å². The Morgan fingerprint density at radius 1 is 1.19 bits per heavy atom. The second-order valence-electron chi connectivity index (χ2n) is 6.85. The minimum absolute atomic E-state index is 0.204. The van der Waals surface area contributed by atoms with Gasteiger partial charge in [0.2, 0.25) is 0 Å². The number of H-pyrrole nitrogens is 1. The van der Waals surface area contributed by atoms with Gasteiger partial charge < -0.3 is 15.4 Å². The first-order valence-electron chi connectivity index (χ1n) is 8.74. The molecule has 1 aliphatic rings. The Labute approximate surface area is 154 Å². The molecule has 1 amide bonds. The van der Waals surface area contributed by atoms with E-state index >= 15 is 0 Å². The number of thiophene rings is 1. The van der Waals surface area contributed by atoms with Gasteiger partial charge in [-0.05, 0) is 68.4 Å². The molecule has 3 aromatic rings. The number of aromatic amines is 1. The SMILES string of the molecule is Cc1ccc(NC(=O)c2c(O)c3c4c(sc3[nH]c2=O)CCCC4)cc1C. The van der Waals surface area contributed by atoms with Crippen molar-refractivity contribution in [2.45, 2.75) is 39.5 Å². The molecule has 0 bridgehead atoms. The molecule has 134 valence electrons. The zero-order chi connectivity index (χ0) is 18.4. The predicted octanol–water partition coefficient (Wildman–Crippen LogP) is 4.04. The van der Waals surface area contributed by atoms with Gasteiger partial charge in [0.15, 0.2) is 0 Å². The van der Waals surface area contributed by atoms with E-state index in [-0.39, 0.29) is 11.3 Å². The first kappa shape index (κ1) is 16.8. The van der Waals surface area contributed by atoms with Gasteiger partial charge in [-0.2, -0.15) is 0 Å². The fraction of sp³-hybridized carbons (Fsp3) is 0.300. The Bertz CT molecular complexity index is 1090. The van der Waals surface area contributed by atoms with Crippen LogP contribution in [0.25, 0.3) is 10.2 Å². The summed E-state index contributed by atoms with van der Waals surface area (Å²) in [4.78, 5) is 29.8. The highest BCUT2D eigenvalue weighted by Gasteiger charge is 2.25. The van der Waals surface area contributed by atoms with E-state index in [4.69, 9.17) is 0 Å². The fourth-order valence-corrected chi connectivity index (χ4v) is 4.81. The van der Waals surface area contributed by atoms with E-state index in [1.54, 1.807) is 6.07 Å². The Kier molecular flexibility index (Phi) is 4.07. The number of rotatable bonds is 2. The molecule has 1 aliphatic carbocycles. The van der Waals surface area contributed by atoms with Gasteiger partial charge in [0.1, 0.15) is 16.1 Å². The molecule has 4 rings (SSSR count). The van der Waals surface area contributed by atoms with Crippen LogP contribution in [-0.2, 0) is 12.8 Å². The first-order chi connectivity index (χ1) is 12.5. The van der Waals surface area contributed by atoms with Crippen molar-refractivity contribution in [1.29, 1.82) is 0 Å². The van der Waals surface area contributed by atoms with Crippen LogP contribution >= 0.6 is 11.3 Å². The summed E-state index contributed by atoms with van der Waals surface area (Å²) >= 11 is 1.51. The van der Waals surface area contributed by atoms with Crippen molar-refractivity contribution in [3.63, 3.8) is 0 Å². The number of hydrogen-bond acceptors (Lipinski definition) is 4. The van der Waals surface area contributed by atoms with Gasteiger partial charge in [0, 0.05) is 10.6 Å². The molecule has 0 saturated carbocycles. The fourth-order valence-electron chi connectivity index (χ4n) is 3.53. The van der Waals surface area contributed by atoms with Crippen molar-refractivity contribution in [2.75, 3.05) is 5.32 Å². The molecule has 0 radical (unpaired) electrons. The molecule has 2 aromatic heterocycles. The summed E-state index contributed by atoms with van der Waals surface area (Å²) in [7, 11) is 0. The number of aryl methyl sites for hydroxylation is 4. The molecule has 0 fully saturated rings. The van der Waals surface area contributed by atoms with E-state index in [2.05, 4.69) is 10.3 Å². The van der Waals surface area contributed by atoms with Gasteiger partial charge in [-0.3, -0.25) is 9.59 Å². The molecule has 0 unspecified atom stereocenters. The molecular weight excluding hydrogens is 348 g/mol.